The summed E-state index contributed by atoms with van der Waals surface area (Å²) in [6, 6.07) is 4.68. The molecule has 1 atom stereocenters. The first kappa shape index (κ1) is 11.1. The van der Waals surface area contributed by atoms with E-state index in [1.54, 1.807) is 12.1 Å². The molecule has 1 aromatic rings. The molecule has 1 aliphatic heterocycles. The number of benzene rings is 1. The van der Waals surface area contributed by atoms with E-state index in [0.717, 1.165) is 19.5 Å². The van der Waals surface area contributed by atoms with Crippen molar-refractivity contribution in [1.29, 1.82) is 0 Å². The van der Waals surface area contributed by atoms with Crippen LogP contribution in [0.4, 0.5) is 10.1 Å². The number of piperidine rings is 1. The van der Waals surface area contributed by atoms with Gasteiger partial charge in [0.05, 0.1) is 5.69 Å². The van der Waals surface area contributed by atoms with E-state index in [9.17, 15) is 9.18 Å². The van der Waals surface area contributed by atoms with Gasteiger partial charge in [-0.1, -0.05) is 6.92 Å². The van der Waals surface area contributed by atoms with Crippen molar-refractivity contribution in [2.75, 3.05) is 18.0 Å². The number of anilines is 1. The number of aldehydes is 1. The van der Waals surface area contributed by atoms with E-state index in [-0.39, 0.29) is 5.82 Å². The molecule has 1 fully saturated rings. The predicted octanol–water partition coefficient (Wildman–Crippen LogP) is 2.87. The van der Waals surface area contributed by atoms with Crippen LogP contribution in [0.1, 0.15) is 30.1 Å². The molecule has 16 heavy (non-hydrogen) atoms. The van der Waals surface area contributed by atoms with Crippen molar-refractivity contribution in [1.82, 2.24) is 0 Å². The molecule has 1 aliphatic rings. The summed E-state index contributed by atoms with van der Waals surface area (Å²) >= 11 is 0. The van der Waals surface area contributed by atoms with Gasteiger partial charge in [-0.15, -0.1) is 0 Å². The van der Waals surface area contributed by atoms with Crippen LogP contribution in [0, 0.1) is 11.7 Å². The van der Waals surface area contributed by atoms with Crippen molar-refractivity contribution in [3.05, 3.63) is 29.6 Å². The fraction of sp³-hybridized carbons (Fsp3) is 0.462. The molecule has 0 bridgehead atoms. The molecule has 1 saturated heterocycles. The van der Waals surface area contributed by atoms with Gasteiger partial charge in [-0.25, -0.2) is 4.39 Å². The number of halogens is 1. The van der Waals surface area contributed by atoms with Crippen LogP contribution in [0.3, 0.4) is 0 Å². The lowest BCUT2D eigenvalue weighted by atomic mass is 9.99. The Hall–Kier alpha value is -1.38. The van der Waals surface area contributed by atoms with Gasteiger partial charge in [-0.05, 0) is 37.0 Å². The minimum atomic E-state index is -0.293. The van der Waals surface area contributed by atoms with E-state index in [4.69, 9.17) is 0 Å². The molecule has 1 aromatic carbocycles. The molecular weight excluding hydrogens is 205 g/mol. The third kappa shape index (κ3) is 2.23. The number of nitrogens with zero attached hydrogens (tertiary/aromatic N) is 1. The van der Waals surface area contributed by atoms with Crippen molar-refractivity contribution in [2.45, 2.75) is 19.8 Å². The number of carbonyl (C=O) groups is 1. The van der Waals surface area contributed by atoms with Crippen LogP contribution in [0.25, 0.3) is 0 Å². The van der Waals surface area contributed by atoms with Crippen molar-refractivity contribution >= 4 is 12.0 Å². The smallest absolute Gasteiger partial charge is 0.150 e. The Morgan fingerprint density at radius 1 is 1.50 bits per heavy atom. The molecule has 3 heteroatoms. The highest BCUT2D eigenvalue weighted by atomic mass is 19.1. The van der Waals surface area contributed by atoms with Crippen LogP contribution in [-0.2, 0) is 0 Å². The summed E-state index contributed by atoms with van der Waals surface area (Å²) in [4.78, 5) is 12.6. The van der Waals surface area contributed by atoms with Crippen LogP contribution in [0.15, 0.2) is 18.2 Å². The number of rotatable bonds is 2. The van der Waals surface area contributed by atoms with Crippen LogP contribution in [0.5, 0.6) is 0 Å². The predicted molar refractivity (Wildman–Crippen MR) is 62.4 cm³/mol. The van der Waals surface area contributed by atoms with Crippen molar-refractivity contribution < 1.29 is 9.18 Å². The van der Waals surface area contributed by atoms with E-state index >= 15 is 0 Å². The molecule has 0 aromatic heterocycles. The molecular formula is C13H16FNO. The Bertz CT molecular complexity index is 392. The van der Waals surface area contributed by atoms with E-state index in [1.807, 2.05) is 0 Å². The zero-order valence-electron chi connectivity index (χ0n) is 9.45. The number of hydrogen-bond donors (Lipinski definition) is 0. The fourth-order valence-corrected chi connectivity index (χ4v) is 2.26. The standard InChI is InChI=1S/C13H16FNO/c1-10-3-2-6-15(8-10)13-5-4-11(9-16)7-12(13)14/h4-5,7,9-10H,2-3,6,8H2,1H3. The molecule has 0 saturated carbocycles. The van der Waals surface area contributed by atoms with Gasteiger partial charge in [0.25, 0.3) is 0 Å². The maximum absolute atomic E-state index is 13.7. The Balaban J connectivity index is 2.22. The SMILES string of the molecule is CC1CCCN(c2ccc(C=O)cc2F)C1. The van der Waals surface area contributed by atoms with Crippen LogP contribution in [0.2, 0.25) is 0 Å². The quantitative estimate of drug-likeness (QED) is 0.716. The second-order valence-corrected chi connectivity index (χ2v) is 4.52. The van der Waals surface area contributed by atoms with Crippen LogP contribution in [-0.4, -0.2) is 19.4 Å². The van der Waals surface area contributed by atoms with Crippen LogP contribution >= 0.6 is 0 Å². The van der Waals surface area contributed by atoms with E-state index in [2.05, 4.69) is 11.8 Å². The Kier molecular flexibility index (Phi) is 3.22. The third-order valence-corrected chi connectivity index (χ3v) is 3.11. The average Bonchev–Trinajstić information content (AvgIpc) is 2.28. The highest BCUT2D eigenvalue weighted by Crippen LogP contribution is 2.25. The highest BCUT2D eigenvalue weighted by molar-refractivity contribution is 5.76. The lowest BCUT2D eigenvalue weighted by Gasteiger charge is -2.33. The second-order valence-electron chi connectivity index (χ2n) is 4.52. The van der Waals surface area contributed by atoms with Gasteiger partial charge in [0.1, 0.15) is 12.1 Å². The van der Waals surface area contributed by atoms with Gasteiger partial charge in [0.15, 0.2) is 0 Å². The molecule has 86 valence electrons. The largest absolute Gasteiger partial charge is 0.369 e. The number of hydrogen-bond acceptors (Lipinski definition) is 2. The summed E-state index contributed by atoms with van der Waals surface area (Å²) in [7, 11) is 0. The van der Waals surface area contributed by atoms with Gasteiger partial charge in [-0.2, -0.15) is 0 Å². The lowest BCUT2D eigenvalue weighted by Crippen LogP contribution is -2.34. The molecule has 1 heterocycles. The average molecular weight is 221 g/mol. The Morgan fingerprint density at radius 3 is 2.94 bits per heavy atom. The molecule has 0 radical (unpaired) electrons. The van der Waals surface area contributed by atoms with Crippen molar-refractivity contribution in [2.24, 2.45) is 5.92 Å². The molecule has 0 N–H and O–H groups in total. The molecule has 2 rings (SSSR count). The first-order chi connectivity index (χ1) is 7.70. The molecule has 0 aliphatic carbocycles. The summed E-state index contributed by atoms with van der Waals surface area (Å²) in [5, 5.41) is 0. The lowest BCUT2D eigenvalue weighted by molar-refractivity contribution is 0.112. The summed E-state index contributed by atoms with van der Waals surface area (Å²) in [6.07, 6.45) is 2.99. The zero-order valence-corrected chi connectivity index (χ0v) is 9.45. The number of carbonyl (C=O) groups excluding carboxylic acids is 1. The highest BCUT2D eigenvalue weighted by Gasteiger charge is 2.19. The second kappa shape index (κ2) is 4.64. The topological polar surface area (TPSA) is 20.3 Å². The molecule has 2 nitrogen and oxygen atoms in total. The van der Waals surface area contributed by atoms with Gasteiger partial charge in [0.2, 0.25) is 0 Å². The Morgan fingerprint density at radius 2 is 2.31 bits per heavy atom. The first-order valence-corrected chi connectivity index (χ1v) is 5.70. The molecule has 1 unspecified atom stereocenters. The van der Waals surface area contributed by atoms with Gasteiger partial charge < -0.3 is 4.90 Å². The molecule has 0 amide bonds. The first-order valence-electron chi connectivity index (χ1n) is 5.70. The summed E-state index contributed by atoms with van der Waals surface area (Å²) in [5.74, 6) is 0.317. The summed E-state index contributed by atoms with van der Waals surface area (Å²) < 4.78 is 13.7. The Labute approximate surface area is 95.1 Å². The monoisotopic (exact) mass is 221 g/mol. The van der Waals surface area contributed by atoms with Gasteiger partial charge in [0, 0.05) is 18.7 Å². The van der Waals surface area contributed by atoms with E-state index < -0.39 is 0 Å². The zero-order chi connectivity index (χ0) is 11.5. The summed E-state index contributed by atoms with van der Waals surface area (Å²) in [6.45, 7) is 3.99. The van der Waals surface area contributed by atoms with E-state index in [0.29, 0.717) is 23.5 Å². The minimum absolute atomic E-state index is 0.293. The minimum Gasteiger partial charge on any atom is -0.369 e. The third-order valence-electron chi connectivity index (χ3n) is 3.11. The fourth-order valence-electron chi connectivity index (χ4n) is 2.26. The van der Waals surface area contributed by atoms with Crippen molar-refractivity contribution in [3.8, 4) is 0 Å². The van der Waals surface area contributed by atoms with Crippen molar-refractivity contribution in [3.63, 3.8) is 0 Å². The van der Waals surface area contributed by atoms with E-state index in [1.165, 1.54) is 12.5 Å². The van der Waals surface area contributed by atoms with Gasteiger partial charge >= 0.3 is 0 Å². The summed E-state index contributed by atoms with van der Waals surface area (Å²) in [5.41, 5.74) is 1.02. The maximum atomic E-state index is 13.7. The molecule has 0 spiro atoms. The van der Waals surface area contributed by atoms with Crippen LogP contribution < -0.4 is 4.90 Å². The normalized spacial score (nSPS) is 20.9. The van der Waals surface area contributed by atoms with Gasteiger partial charge in [-0.3, -0.25) is 4.79 Å². The maximum Gasteiger partial charge on any atom is 0.150 e.